The lowest BCUT2D eigenvalue weighted by Gasteiger charge is -2.10. The van der Waals surface area contributed by atoms with Crippen LogP contribution in [0.1, 0.15) is 12.0 Å². The van der Waals surface area contributed by atoms with Crippen molar-refractivity contribution in [2.24, 2.45) is 5.92 Å². The van der Waals surface area contributed by atoms with Crippen molar-refractivity contribution >= 4 is 12.0 Å². The molecule has 3 nitrogen and oxygen atoms in total. The summed E-state index contributed by atoms with van der Waals surface area (Å²) < 4.78 is 0. The van der Waals surface area contributed by atoms with E-state index in [1.807, 2.05) is 48.6 Å². The molecule has 0 heterocycles. The summed E-state index contributed by atoms with van der Waals surface area (Å²) in [4.78, 5) is 12.0. The molecular formula is C21H21NO2. The van der Waals surface area contributed by atoms with Gasteiger partial charge in [0.1, 0.15) is 0 Å². The second-order valence-electron chi connectivity index (χ2n) is 6.00. The van der Waals surface area contributed by atoms with Crippen LogP contribution in [0.2, 0.25) is 0 Å². The van der Waals surface area contributed by atoms with Crippen molar-refractivity contribution in [1.29, 1.82) is 0 Å². The van der Waals surface area contributed by atoms with E-state index in [9.17, 15) is 4.79 Å². The fourth-order valence-electron chi connectivity index (χ4n) is 2.87. The van der Waals surface area contributed by atoms with Gasteiger partial charge in [-0.2, -0.15) is 0 Å². The van der Waals surface area contributed by atoms with Crippen molar-refractivity contribution in [3.8, 4) is 11.1 Å². The Bertz CT molecular complexity index is 749. The van der Waals surface area contributed by atoms with Crippen LogP contribution in [-0.4, -0.2) is 23.7 Å². The fraction of sp³-hybridized carbons (Fsp3) is 0.190. The lowest BCUT2D eigenvalue weighted by atomic mass is 10.0. The van der Waals surface area contributed by atoms with Crippen molar-refractivity contribution in [3.63, 3.8) is 0 Å². The normalized spacial score (nSPS) is 19.7. The van der Waals surface area contributed by atoms with Crippen molar-refractivity contribution in [2.45, 2.75) is 12.5 Å². The van der Waals surface area contributed by atoms with Gasteiger partial charge in [0.25, 0.3) is 0 Å². The van der Waals surface area contributed by atoms with Gasteiger partial charge in [0.05, 0.1) is 0 Å². The largest absolute Gasteiger partial charge is 0.396 e. The van der Waals surface area contributed by atoms with Crippen molar-refractivity contribution in [2.75, 3.05) is 6.61 Å². The molecule has 1 amide bonds. The van der Waals surface area contributed by atoms with E-state index in [1.54, 1.807) is 6.08 Å². The summed E-state index contributed by atoms with van der Waals surface area (Å²) in [6.45, 7) is 0.130. The molecular weight excluding hydrogens is 298 g/mol. The van der Waals surface area contributed by atoms with Crippen LogP contribution >= 0.6 is 0 Å². The Morgan fingerprint density at radius 1 is 1.08 bits per heavy atom. The van der Waals surface area contributed by atoms with Gasteiger partial charge in [-0.25, -0.2) is 0 Å². The Labute approximate surface area is 142 Å². The lowest BCUT2D eigenvalue weighted by Crippen LogP contribution is -2.31. The maximum Gasteiger partial charge on any atom is 0.244 e. The van der Waals surface area contributed by atoms with Crippen LogP contribution in [0.25, 0.3) is 17.2 Å². The van der Waals surface area contributed by atoms with Gasteiger partial charge >= 0.3 is 0 Å². The monoisotopic (exact) mass is 319 g/mol. The van der Waals surface area contributed by atoms with Crippen LogP contribution in [0.15, 0.2) is 72.8 Å². The Morgan fingerprint density at radius 2 is 1.88 bits per heavy atom. The molecule has 0 spiro atoms. The predicted molar refractivity (Wildman–Crippen MR) is 97.2 cm³/mol. The summed E-state index contributed by atoms with van der Waals surface area (Å²) in [6.07, 6.45) is 8.05. The molecule has 2 aromatic carbocycles. The Morgan fingerprint density at radius 3 is 2.62 bits per heavy atom. The van der Waals surface area contributed by atoms with Crippen LogP contribution in [0, 0.1) is 5.92 Å². The zero-order valence-electron chi connectivity index (χ0n) is 13.4. The molecule has 0 fully saturated rings. The van der Waals surface area contributed by atoms with Crippen LogP contribution in [-0.2, 0) is 4.79 Å². The van der Waals surface area contributed by atoms with E-state index in [0.29, 0.717) is 0 Å². The van der Waals surface area contributed by atoms with E-state index in [4.69, 9.17) is 5.11 Å². The quantitative estimate of drug-likeness (QED) is 0.655. The van der Waals surface area contributed by atoms with Crippen LogP contribution in [0.5, 0.6) is 0 Å². The first-order valence-electron chi connectivity index (χ1n) is 8.18. The van der Waals surface area contributed by atoms with Gasteiger partial charge in [-0.3, -0.25) is 4.79 Å². The number of hydrogen-bond acceptors (Lipinski definition) is 2. The summed E-state index contributed by atoms with van der Waals surface area (Å²) in [6, 6.07) is 18.3. The first kappa shape index (κ1) is 16.2. The van der Waals surface area contributed by atoms with Crippen LogP contribution in [0.4, 0.5) is 0 Å². The van der Waals surface area contributed by atoms with Crippen LogP contribution in [0.3, 0.4) is 0 Å². The minimum Gasteiger partial charge on any atom is -0.396 e. The minimum atomic E-state index is -0.117. The molecule has 0 aliphatic heterocycles. The van der Waals surface area contributed by atoms with Gasteiger partial charge in [-0.05, 0) is 35.3 Å². The van der Waals surface area contributed by atoms with Crippen molar-refractivity contribution < 1.29 is 9.90 Å². The van der Waals surface area contributed by atoms with Gasteiger partial charge < -0.3 is 10.4 Å². The smallest absolute Gasteiger partial charge is 0.244 e. The van der Waals surface area contributed by atoms with Crippen LogP contribution < -0.4 is 5.32 Å². The third-order valence-electron chi connectivity index (χ3n) is 4.16. The molecule has 0 aromatic heterocycles. The maximum absolute atomic E-state index is 12.0. The zero-order valence-corrected chi connectivity index (χ0v) is 13.4. The second kappa shape index (κ2) is 7.75. The summed E-state index contributed by atoms with van der Waals surface area (Å²) in [5, 5.41) is 12.0. The van der Waals surface area contributed by atoms with Gasteiger partial charge in [-0.15, -0.1) is 0 Å². The average molecular weight is 319 g/mol. The van der Waals surface area contributed by atoms with E-state index >= 15 is 0 Å². The molecule has 24 heavy (non-hydrogen) atoms. The van der Waals surface area contributed by atoms with Gasteiger partial charge in [0.2, 0.25) is 5.91 Å². The summed E-state index contributed by atoms with van der Waals surface area (Å²) in [7, 11) is 0. The molecule has 3 heteroatoms. The van der Waals surface area contributed by atoms with Crippen molar-refractivity contribution in [1.82, 2.24) is 5.32 Å². The van der Waals surface area contributed by atoms with E-state index in [-0.39, 0.29) is 24.5 Å². The SMILES string of the molecule is O=C(/C=C/c1cccc(-c2ccccc2)c1)N[C@@H]1C=C[C@H](CO)C1. The summed E-state index contributed by atoms with van der Waals surface area (Å²) >= 11 is 0. The third-order valence-corrected chi connectivity index (χ3v) is 4.16. The molecule has 2 aromatic rings. The van der Waals surface area contributed by atoms with Gasteiger partial charge in [0.15, 0.2) is 0 Å². The van der Waals surface area contributed by atoms with Crippen molar-refractivity contribution in [3.05, 3.63) is 78.4 Å². The first-order chi connectivity index (χ1) is 11.7. The first-order valence-corrected chi connectivity index (χ1v) is 8.18. The highest BCUT2D eigenvalue weighted by Gasteiger charge is 2.18. The molecule has 1 aliphatic rings. The summed E-state index contributed by atoms with van der Waals surface area (Å²) in [5.41, 5.74) is 3.27. The molecule has 0 saturated carbocycles. The minimum absolute atomic E-state index is 0.00922. The molecule has 0 saturated heterocycles. The molecule has 2 N–H and O–H groups in total. The second-order valence-corrected chi connectivity index (χ2v) is 6.00. The van der Waals surface area contributed by atoms with Gasteiger partial charge in [0, 0.05) is 24.6 Å². The number of benzene rings is 2. The average Bonchev–Trinajstić information content (AvgIpc) is 3.08. The third kappa shape index (κ3) is 4.21. The standard InChI is InChI=1S/C21H21NO2/c23-15-17-9-11-20(14-17)22-21(24)12-10-16-5-4-8-19(13-16)18-6-2-1-3-7-18/h1-13,17,20,23H,14-15H2,(H,22,24)/b12-10+/t17-,20+/m0/s1. The molecule has 1 aliphatic carbocycles. The highest BCUT2D eigenvalue weighted by atomic mass is 16.3. The van der Waals surface area contributed by atoms with E-state index in [1.165, 1.54) is 0 Å². The molecule has 0 bridgehead atoms. The van der Waals surface area contributed by atoms with Gasteiger partial charge in [-0.1, -0.05) is 60.7 Å². The molecule has 122 valence electrons. The lowest BCUT2D eigenvalue weighted by molar-refractivity contribution is -0.116. The fourth-order valence-corrected chi connectivity index (χ4v) is 2.87. The highest BCUT2D eigenvalue weighted by Crippen LogP contribution is 2.20. The maximum atomic E-state index is 12.0. The summed E-state index contributed by atoms with van der Waals surface area (Å²) in [5.74, 6) is 0.0372. The number of amides is 1. The van der Waals surface area contributed by atoms with E-state index in [0.717, 1.165) is 23.1 Å². The number of carbonyl (C=O) groups excluding carboxylic acids is 1. The Balaban J connectivity index is 1.62. The topological polar surface area (TPSA) is 49.3 Å². The number of aliphatic hydroxyl groups excluding tert-OH is 1. The molecule has 2 atom stereocenters. The molecule has 0 radical (unpaired) electrons. The number of nitrogens with one attached hydrogen (secondary N) is 1. The zero-order chi connectivity index (χ0) is 16.8. The number of rotatable bonds is 5. The number of carbonyl (C=O) groups is 1. The van der Waals surface area contributed by atoms with E-state index < -0.39 is 0 Å². The predicted octanol–water partition coefficient (Wildman–Crippen LogP) is 3.42. The Hall–Kier alpha value is -2.65. The molecule has 0 unspecified atom stereocenters. The molecule has 3 rings (SSSR count). The Kier molecular flexibility index (Phi) is 5.24. The number of hydrogen-bond donors (Lipinski definition) is 2. The number of aliphatic hydroxyl groups is 1. The highest BCUT2D eigenvalue weighted by molar-refractivity contribution is 5.92. The van der Waals surface area contributed by atoms with E-state index in [2.05, 4.69) is 29.6 Å².